The minimum absolute atomic E-state index is 0.0901. The van der Waals surface area contributed by atoms with Crippen molar-refractivity contribution in [2.24, 2.45) is 0 Å². The Balaban J connectivity index is 1.88. The lowest BCUT2D eigenvalue weighted by Crippen LogP contribution is -2.22. The van der Waals surface area contributed by atoms with Gasteiger partial charge in [0.25, 0.3) is 5.91 Å². The van der Waals surface area contributed by atoms with Crippen LogP contribution in [0, 0.1) is 0 Å². The molecular weight excluding hydrogens is 369 g/mol. The number of amides is 1. The van der Waals surface area contributed by atoms with E-state index in [-0.39, 0.29) is 13.0 Å². The van der Waals surface area contributed by atoms with E-state index in [0.717, 1.165) is 4.90 Å². The van der Waals surface area contributed by atoms with Gasteiger partial charge in [-0.05, 0) is 30.5 Å². The number of hydrogen-bond donors (Lipinski definition) is 1. The van der Waals surface area contributed by atoms with E-state index in [9.17, 15) is 9.59 Å². The van der Waals surface area contributed by atoms with Crippen LogP contribution in [0.1, 0.15) is 5.56 Å². The normalized spacial score (nSPS) is 10.3. The third-order valence-corrected chi connectivity index (χ3v) is 4.63. The van der Waals surface area contributed by atoms with Crippen molar-refractivity contribution < 1.29 is 14.3 Å². The number of ether oxygens (including phenoxy) is 1. The highest BCUT2D eigenvalue weighted by molar-refractivity contribution is 7.98. The summed E-state index contributed by atoms with van der Waals surface area (Å²) >= 11 is 13.5. The quantitative estimate of drug-likeness (QED) is 0.591. The number of anilines is 1. The molecule has 0 heterocycles. The molecule has 0 spiro atoms. The molecule has 2 rings (SSSR count). The van der Waals surface area contributed by atoms with Crippen LogP contribution in [0.25, 0.3) is 0 Å². The number of benzene rings is 2. The summed E-state index contributed by atoms with van der Waals surface area (Å²) in [5.74, 6) is -0.978. The van der Waals surface area contributed by atoms with E-state index in [2.05, 4.69) is 5.32 Å². The fourth-order valence-corrected chi connectivity index (χ4v) is 3.06. The number of halogens is 2. The first-order chi connectivity index (χ1) is 11.5. The Kier molecular flexibility index (Phi) is 6.97. The zero-order chi connectivity index (χ0) is 17.5. The van der Waals surface area contributed by atoms with Crippen molar-refractivity contribution >= 4 is 52.5 Å². The predicted molar refractivity (Wildman–Crippen MR) is 98.0 cm³/mol. The number of esters is 1. The maximum atomic E-state index is 11.9. The van der Waals surface area contributed by atoms with Gasteiger partial charge in [0.2, 0.25) is 0 Å². The Hall–Kier alpha value is -1.69. The van der Waals surface area contributed by atoms with Gasteiger partial charge in [0, 0.05) is 20.5 Å². The average molecular weight is 384 g/mol. The highest BCUT2D eigenvalue weighted by Crippen LogP contribution is 2.25. The monoisotopic (exact) mass is 383 g/mol. The summed E-state index contributed by atoms with van der Waals surface area (Å²) < 4.78 is 4.99. The first kappa shape index (κ1) is 18.6. The molecule has 7 heteroatoms. The third kappa shape index (κ3) is 5.16. The smallest absolute Gasteiger partial charge is 0.310 e. The van der Waals surface area contributed by atoms with Crippen molar-refractivity contribution in [1.29, 1.82) is 0 Å². The van der Waals surface area contributed by atoms with Crippen LogP contribution in [0.4, 0.5) is 5.69 Å². The standard InChI is InChI=1S/C17H15Cl2NO3S/c1-24-15-8-3-2-7-14(15)20-16(21)10-23-17(22)9-11-12(18)5-4-6-13(11)19/h2-8H,9-10H2,1H3,(H,20,21). The van der Waals surface area contributed by atoms with Crippen LogP contribution in [0.15, 0.2) is 47.4 Å². The molecule has 0 unspecified atom stereocenters. The van der Waals surface area contributed by atoms with Crippen molar-refractivity contribution in [2.45, 2.75) is 11.3 Å². The van der Waals surface area contributed by atoms with Gasteiger partial charge in [-0.2, -0.15) is 0 Å². The molecule has 4 nitrogen and oxygen atoms in total. The second-order valence-corrected chi connectivity index (χ2v) is 6.45. The minimum Gasteiger partial charge on any atom is -0.455 e. The van der Waals surface area contributed by atoms with E-state index in [1.807, 2.05) is 24.5 Å². The summed E-state index contributed by atoms with van der Waals surface area (Å²) in [5.41, 5.74) is 1.17. The SMILES string of the molecule is CSc1ccccc1NC(=O)COC(=O)Cc1c(Cl)cccc1Cl. The zero-order valence-corrected chi connectivity index (χ0v) is 15.2. The fourth-order valence-electron chi connectivity index (χ4n) is 1.98. The van der Waals surface area contributed by atoms with Crippen LogP contribution in [0.5, 0.6) is 0 Å². The summed E-state index contributed by atoms with van der Waals surface area (Å²) in [4.78, 5) is 24.7. The summed E-state index contributed by atoms with van der Waals surface area (Å²) in [7, 11) is 0. The Morgan fingerprint density at radius 3 is 2.42 bits per heavy atom. The minimum atomic E-state index is -0.571. The van der Waals surface area contributed by atoms with Gasteiger partial charge >= 0.3 is 5.97 Å². The number of thioether (sulfide) groups is 1. The van der Waals surface area contributed by atoms with Gasteiger partial charge in [-0.25, -0.2) is 0 Å². The number of hydrogen-bond acceptors (Lipinski definition) is 4. The van der Waals surface area contributed by atoms with Gasteiger partial charge in [0.1, 0.15) is 0 Å². The molecule has 0 saturated heterocycles. The molecule has 0 radical (unpaired) electrons. The molecule has 1 amide bonds. The molecule has 2 aromatic rings. The summed E-state index contributed by atoms with van der Waals surface area (Å²) in [6.07, 6.45) is 1.82. The molecule has 0 aliphatic heterocycles. The molecule has 0 aliphatic carbocycles. The second kappa shape index (κ2) is 8.97. The van der Waals surface area contributed by atoms with E-state index in [1.54, 1.807) is 24.3 Å². The van der Waals surface area contributed by atoms with Crippen LogP contribution < -0.4 is 5.32 Å². The molecule has 0 aliphatic rings. The Bertz CT molecular complexity index is 732. The summed E-state index contributed by atoms with van der Waals surface area (Å²) in [5, 5.41) is 3.49. The van der Waals surface area contributed by atoms with Gasteiger partial charge in [-0.3, -0.25) is 9.59 Å². The first-order valence-electron chi connectivity index (χ1n) is 7.02. The maximum Gasteiger partial charge on any atom is 0.310 e. The molecule has 0 saturated carbocycles. The number of para-hydroxylation sites is 1. The highest BCUT2D eigenvalue weighted by Gasteiger charge is 2.14. The Morgan fingerprint density at radius 1 is 1.08 bits per heavy atom. The van der Waals surface area contributed by atoms with Crippen molar-refractivity contribution in [3.05, 3.63) is 58.1 Å². The molecule has 0 bridgehead atoms. The fraction of sp³-hybridized carbons (Fsp3) is 0.176. The lowest BCUT2D eigenvalue weighted by Gasteiger charge is -2.10. The summed E-state index contributed by atoms with van der Waals surface area (Å²) in [6, 6.07) is 12.4. The average Bonchev–Trinajstić information content (AvgIpc) is 2.57. The van der Waals surface area contributed by atoms with Crippen molar-refractivity contribution in [1.82, 2.24) is 0 Å². The van der Waals surface area contributed by atoms with E-state index in [0.29, 0.717) is 21.3 Å². The third-order valence-electron chi connectivity index (χ3n) is 3.13. The largest absolute Gasteiger partial charge is 0.455 e. The van der Waals surface area contributed by atoms with Gasteiger partial charge < -0.3 is 10.1 Å². The maximum absolute atomic E-state index is 11.9. The first-order valence-corrected chi connectivity index (χ1v) is 9.00. The number of rotatable bonds is 6. The molecular formula is C17H15Cl2NO3S. The highest BCUT2D eigenvalue weighted by atomic mass is 35.5. The lowest BCUT2D eigenvalue weighted by atomic mass is 10.1. The van der Waals surface area contributed by atoms with Crippen molar-refractivity contribution in [3.63, 3.8) is 0 Å². The molecule has 24 heavy (non-hydrogen) atoms. The molecule has 0 atom stereocenters. The van der Waals surface area contributed by atoms with Crippen LogP contribution in [-0.2, 0) is 20.7 Å². The van der Waals surface area contributed by atoms with Crippen molar-refractivity contribution in [2.75, 3.05) is 18.2 Å². The number of nitrogens with one attached hydrogen (secondary N) is 1. The number of carbonyl (C=O) groups excluding carboxylic acids is 2. The Labute approximate surface area is 154 Å². The number of carbonyl (C=O) groups is 2. The zero-order valence-electron chi connectivity index (χ0n) is 12.8. The van der Waals surface area contributed by atoms with E-state index in [4.69, 9.17) is 27.9 Å². The Morgan fingerprint density at radius 2 is 1.75 bits per heavy atom. The molecule has 126 valence electrons. The van der Waals surface area contributed by atoms with Crippen LogP contribution in [0.2, 0.25) is 10.0 Å². The predicted octanol–water partition coefficient (Wildman–Crippen LogP) is 4.44. The van der Waals surface area contributed by atoms with Gasteiger partial charge in [0.05, 0.1) is 12.1 Å². The second-order valence-electron chi connectivity index (χ2n) is 4.79. The van der Waals surface area contributed by atoms with Gasteiger partial charge in [-0.1, -0.05) is 41.4 Å². The summed E-state index contributed by atoms with van der Waals surface area (Å²) in [6.45, 7) is -0.371. The lowest BCUT2D eigenvalue weighted by molar-refractivity contribution is -0.146. The van der Waals surface area contributed by atoms with Crippen LogP contribution in [0.3, 0.4) is 0 Å². The van der Waals surface area contributed by atoms with E-state index in [1.165, 1.54) is 11.8 Å². The molecule has 1 N–H and O–H groups in total. The molecule has 0 fully saturated rings. The topological polar surface area (TPSA) is 55.4 Å². The van der Waals surface area contributed by atoms with Gasteiger partial charge in [0.15, 0.2) is 6.61 Å². The van der Waals surface area contributed by atoms with Crippen LogP contribution in [-0.4, -0.2) is 24.7 Å². The molecule has 2 aromatic carbocycles. The molecule has 0 aromatic heterocycles. The van der Waals surface area contributed by atoms with Gasteiger partial charge in [-0.15, -0.1) is 11.8 Å². The van der Waals surface area contributed by atoms with E-state index < -0.39 is 11.9 Å². The van der Waals surface area contributed by atoms with E-state index >= 15 is 0 Å². The van der Waals surface area contributed by atoms with Crippen molar-refractivity contribution in [3.8, 4) is 0 Å². The van der Waals surface area contributed by atoms with Crippen LogP contribution >= 0.6 is 35.0 Å².